The zero-order valence-corrected chi connectivity index (χ0v) is 21.1. The maximum Gasteiger partial charge on any atom is 0.307 e. The highest BCUT2D eigenvalue weighted by molar-refractivity contribution is 5.94. The minimum atomic E-state index is -0.360. The van der Waals surface area contributed by atoms with Gasteiger partial charge < -0.3 is 19.8 Å². The summed E-state index contributed by atoms with van der Waals surface area (Å²) in [6.45, 7) is 4.53. The minimum absolute atomic E-state index is 0.0522. The maximum absolute atomic E-state index is 12.3. The molecule has 0 aliphatic carbocycles. The van der Waals surface area contributed by atoms with Gasteiger partial charge in [0.05, 0.1) is 19.6 Å². The van der Waals surface area contributed by atoms with E-state index in [1.165, 1.54) is 7.11 Å². The monoisotopic (exact) mass is 498 g/mol. The molecule has 8 heteroatoms. The number of hydrogen-bond acceptors (Lipinski definition) is 7. The summed E-state index contributed by atoms with van der Waals surface area (Å²) in [6, 6.07) is 25.1. The largest absolute Gasteiger partial charge is 0.469 e. The molecule has 0 fully saturated rings. The number of anilines is 1. The molecule has 1 heterocycles. The molecule has 2 N–H and O–H groups in total. The van der Waals surface area contributed by atoms with Crippen LogP contribution in [0.4, 0.5) is 5.69 Å². The first-order valence-electron chi connectivity index (χ1n) is 12.2. The van der Waals surface area contributed by atoms with E-state index in [-0.39, 0.29) is 30.9 Å². The second-order valence-corrected chi connectivity index (χ2v) is 8.93. The molecule has 0 aliphatic rings. The fourth-order valence-corrected chi connectivity index (χ4v) is 3.88. The molecule has 8 nitrogen and oxygen atoms in total. The van der Waals surface area contributed by atoms with Crippen LogP contribution in [0.25, 0.3) is 22.9 Å². The highest BCUT2D eigenvalue weighted by atomic mass is 16.5. The molecule has 0 bridgehead atoms. The lowest BCUT2D eigenvalue weighted by molar-refractivity contribution is -0.140. The number of methoxy groups -OCH3 is 1. The van der Waals surface area contributed by atoms with Crippen LogP contribution in [0.2, 0.25) is 0 Å². The lowest BCUT2D eigenvalue weighted by atomic mass is 9.94. The molecular formula is C29H30N4O4. The summed E-state index contributed by atoms with van der Waals surface area (Å²) in [6.07, 6.45) is 0.136. The van der Waals surface area contributed by atoms with Crippen molar-refractivity contribution >= 4 is 17.6 Å². The zero-order chi connectivity index (χ0) is 26.2. The fourth-order valence-electron chi connectivity index (χ4n) is 3.88. The van der Waals surface area contributed by atoms with Gasteiger partial charge in [-0.1, -0.05) is 44.2 Å². The topological polar surface area (TPSA) is 106 Å². The van der Waals surface area contributed by atoms with E-state index >= 15 is 0 Å². The molecule has 4 rings (SSSR count). The minimum Gasteiger partial charge on any atom is -0.469 e. The number of rotatable bonds is 10. The second-order valence-electron chi connectivity index (χ2n) is 8.93. The average molecular weight is 499 g/mol. The standard InChI is InChI=1S/C29H30N4O4/c1-19(2)26(31-24-15-13-21(14-16-24)27(35)30-18-17-25(34)36-3)20-9-11-23(12-10-20)29-33-32-28(37-29)22-7-5-4-6-8-22/h4-16,19,26,31H,17-18H2,1-3H3,(H,30,35). The van der Waals surface area contributed by atoms with Crippen molar-refractivity contribution in [2.24, 2.45) is 5.92 Å². The van der Waals surface area contributed by atoms with E-state index in [2.05, 4.69) is 51.5 Å². The molecular weight excluding hydrogens is 468 g/mol. The van der Waals surface area contributed by atoms with Gasteiger partial charge >= 0.3 is 5.97 Å². The number of esters is 1. The van der Waals surface area contributed by atoms with E-state index in [0.717, 1.165) is 22.4 Å². The lowest BCUT2D eigenvalue weighted by Gasteiger charge is -2.24. The van der Waals surface area contributed by atoms with Gasteiger partial charge in [0, 0.05) is 28.9 Å². The molecule has 1 unspecified atom stereocenters. The summed E-state index contributed by atoms with van der Waals surface area (Å²) >= 11 is 0. The fraction of sp³-hybridized carbons (Fsp3) is 0.241. The van der Waals surface area contributed by atoms with Crippen LogP contribution in [-0.2, 0) is 9.53 Å². The number of hydrogen-bond donors (Lipinski definition) is 2. The van der Waals surface area contributed by atoms with Gasteiger partial charge in [0.25, 0.3) is 5.91 Å². The van der Waals surface area contributed by atoms with E-state index in [1.807, 2.05) is 54.6 Å². The predicted molar refractivity (Wildman–Crippen MR) is 142 cm³/mol. The van der Waals surface area contributed by atoms with Gasteiger partial charge in [-0.2, -0.15) is 0 Å². The van der Waals surface area contributed by atoms with Crippen LogP contribution >= 0.6 is 0 Å². The van der Waals surface area contributed by atoms with Crippen LogP contribution in [-0.4, -0.2) is 35.7 Å². The molecule has 37 heavy (non-hydrogen) atoms. The van der Waals surface area contributed by atoms with Crippen molar-refractivity contribution < 1.29 is 18.7 Å². The summed E-state index contributed by atoms with van der Waals surface area (Å²) < 4.78 is 10.5. The first kappa shape index (κ1) is 25.6. The third-order valence-corrected chi connectivity index (χ3v) is 5.94. The molecule has 1 atom stereocenters. The van der Waals surface area contributed by atoms with E-state index < -0.39 is 0 Å². The Morgan fingerprint density at radius 3 is 2.08 bits per heavy atom. The Labute approximate surface area is 216 Å². The van der Waals surface area contributed by atoms with E-state index in [1.54, 1.807) is 12.1 Å². The van der Waals surface area contributed by atoms with Crippen molar-refractivity contribution in [2.75, 3.05) is 19.0 Å². The van der Waals surface area contributed by atoms with Crippen molar-refractivity contribution in [3.8, 4) is 22.9 Å². The van der Waals surface area contributed by atoms with Crippen molar-refractivity contribution in [2.45, 2.75) is 26.3 Å². The summed E-state index contributed by atoms with van der Waals surface area (Å²) in [4.78, 5) is 23.5. The summed E-state index contributed by atoms with van der Waals surface area (Å²) in [5, 5.41) is 14.7. The number of ether oxygens (including phenoxy) is 1. The number of carbonyl (C=O) groups excluding carboxylic acids is 2. The maximum atomic E-state index is 12.3. The summed E-state index contributed by atoms with van der Waals surface area (Å²) in [5.41, 5.74) is 4.27. The van der Waals surface area contributed by atoms with Crippen LogP contribution in [0.5, 0.6) is 0 Å². The Hall–Kier alpha value is -4.46. The number of aromatic nitrogens is 2. The average Bonchev–Trinajstić information content (AvgIpc) is 3.43. The van der Waals surface area contributed by atoms with Gasteiger partial charge in [0.1, 0.15) is 0 Å². The molecule has 1 amide bonds. The molecule has 0 saturated heterocycles. The first-order chi connectivity index (χ1) is 17.9. The normalized spacial score (nSPS) is 11.7. The number of amides is 1. The van der Waals surface area contributed by atoms with E-state index in [9.17, 15) is 9.59 Å². The van der Waals surface area contributed by atoms with Crippen LogP contribution < -0.4 is 10.6 Å². The van der Waals surface area contributed by atoms with E-state index in [0.29, 0.717) is 23.3 Å². The molecule has 1 aromatic heterocycles. The lowest BCUT2D eigenvalue weighted by Crippen LogP contribution is -2.26. The van der Waals surface area contributed by atoms with Gasteiger partial charge in [-0.3, -0.25) is 9.59 Å². The van der Waals surface area contributed by atoms with Crippen molar-refractivity contribution in [3.63, 3.8) is 0 Å². The van der Waals surface area contributed by atoms with Crippen LogP contribution in [0.1, 0.15) is 42.2 Å². The van der Waals surface area contributed by atoms with Gasteiger partial charge in [0.15, 0.2) is 0 Å². The van der Waals surface area contributed by atoms with Crippen LogP contribution in [0.3, 0.4) is 0 Å². The smallest absolute Gasteiger partial charge is 0.307 e. The molecule has 0 radical (unpaired) electrons. The molecule has 0 aliphatic heterocycles. The Balaban J connectivity index is 1.41. The van der Waals surface area contributed by atoms with Gasteiger partial charge in [-0.15, -0.1) is 10.2 Å². The summed E-state index contributed by atoms with van der Waals surface area (Å²) in [5.74, 6) is 0.673. The van der Waals surface area contributed by atoms with E-state index in [4.69, 9.17) is 4.42 Å². The highest BCUT2D eigenvalue weighted by Crippen LogP contribution is 2.29. The molecule has 4 aromatic rings. The quantitative estimate of drug-likeness (QED) is 0.278. The Bertz CT molecular complexity index is 1320. The van der Waals surface area contributed by atoms with Gasteiger partial charge in [-0.25, -0.2) is 0 Å². The molecule has 3 aromatic carbocycles. The predicted octanol–water partition coefficient (Wildman–Crippen LogP) is 5.51. The summed E-state index contributed by atoms with van der Waals surface area (Å²) in [7, 11) is 1.32. The molecule has 0 spiro atoms. The zero-order valence-electron chi connectivity index (χ0n) is 21.1. The molecule has 190 valence electrons. The van der Waals surface area contributed by atoms with Crippen molar-refractivity contribution in [1.29, 1.82) is 0 Å². The highest BCUT2D eigenvalue weighted by Gasteiger charge is 2.17. The van der Waals surface area contributed by atoms with Crippen molar-refractivity contribution in [3.05, 3.63) is 90.0 Å². The second kappa shape index (κ2) is 12.0. The third kappa shape index (κ3) is 6.61. The first-order valence-corrected chi connectivity index (χ1v) is 12.2. The molecule has 0 saturated carbocycles. The number of carbonyl (C=O) groups is 2. The van der Waals surface area contributed by atoms with Crippen LogP contribution in [0, 0.1) is 5.92 Å². The van der Waals surface area contributed by atoms with Crippen LogP contribution in [0.15, 0.2) is 83.3 Å². The Morgan fingerprint density at radius 2 is 1.49 bits per heavy atom. The number of nitrogens with one attached hydrogen (secondary N) is 2. The number of nitrogens with zero attached hydrogens (tertiary/aromatic N) is 2. The Morgan fingerprint density at radius 1 is 0.865 bits per heavy atom. The SMILES string of the molecule is COC(=O)CCNC(=O)c1ccc(NC(c2ccc(-c3nnc(-c4ccccc4)o3)cc2)C(C)C)cc1. The van der Waals surface area contributed by atoms with Gasteiger partial charge in [-0.05, 0) is 60.0 Å². The van der Waals surface area contributed by atoms with Gasteiger partial charge in [0.2, 0.25) is 11.8 Å². The number of benzene rings is 3. The third-order valence-electron chi connectivity index (χ3n) is 5.94. The van der Waals surface area contributed by atoms with Crippen molar-refractivity contribution in [1.82, 2.24) is 15.5 Å². The Kier molecular flexibility index (Phi) is 8.30.